The molecule has 0 aliphatic rings. The van der Waals surface area contributed by atoms with E-state index >= 15 is 0 Å². The molecular formula is C26H48BrN. The van der Waals surface area contributed by atoms with Crippen molar-refractivity contribution < 1.29 is 21.5 Å². The quantitative estimate of drug-likeness (QED) is 0.197. The minimum absolute atomic E-state index is 0. The highest BCUT2D eigenvalue weighted by molar-refractivity contribution is 5.03. The molecule has 2 heteroatoms. The van der Waals surface area contributed by atoms with Gasteiger partial charge in [0.1, 0.15) is 6.54 Å². The van der Waals surface area contributed by atoms with Gasteiger partial charge in [-0.1, -0.05) is 110 Å². The maximum Gasteiger partial charge on any atom is 0.169 e. The second kappa shape index (κ2) is 21.3. The molecule has 28 heavy (non-hydrogen) atoms. The summed E-state index contributed by atoms with van der Waals surface area (Å²) in [5, 5.41) is 0. The molecular weight excluding hydrogens is 406 g/mol. The normalized spacial score (nSPS) is 10.8. The first-order valence-corrected chi connectivity index (χ1v) is 12.3. The fraction of sp³-hybridized carbons (Fsp3) is 0.808. The van der Waals surface area contributed by atoms with E-state index in [1.54, 1.807) is 0 Å². The van der Waals surface area contributed by atoms with Crippen molar-refractivity contribution in [3.05, 3.63) is 30.1 Å². The number of aromatic nitrogens is 1. The molecule has 1 rings (SSSR count). The van der Waals surface area contributed by atoms with E-state index in [0.29, 0.717) is 0 Å². The molecule has 0 fully saturated rings. The maximum atomic E-state index is 2.32. The highest BCUT2D eigenvalue weighted by Gasteiger charge is 1.99. The summed E-state index contributed by atoms with van der Waals surface area (Å²) in [7, 11) is 0. The number of hydrogen-bond donors (Lipinski definition) is 0. The third-order valence-electron chi connectivity index (χ3n) is 5.83. The summed E-state index contributed by atoms with van der Waals surface area (Å²) in [5.74, 6) is 0. The summed E-state index contributed by atoms with van der Waals surface area (Å²) in [5.41, 5.74) is 1.35. The van der Waals surface area contributed by atoms with Crippen LogP contribution < -0.4 is 21.5 Å². The Morgan fingerprint density at radius 1 is 0.536 bits per heavy atom. The van der Waals surface area contributed by atoms with Crippen molar-refractivity contribution in [1.82, 2.24) is 0 Å². The van der Waals surface area contributed by atoms with Gasteiger partial charge in [0.25, 0.3) is 0 Å². The van der Waals surface area contributed by atoms with Gasteiger partial charge in [0, 0.05) is 18.6 Å². The van der Waals surface area contributed by atoms with E-state index in [1.165, 1.54) is 128 Å². The van der Waals surface area contributed by atoms with E-state index in [2.05, 4.69) is 42.9 Å². The Morgan fingerprint density at radius 2 is 0.857 bits per heavy atom. The lowest BCUT2D eigenvalue weighted by Crippen LogP contribution is -3.00. The summed E-state index contributed by atoms with van der Waals surface area (Å²) in [4.78, 5) is 0. The molecule has 0 bridgehead atoms. The Hall–Kier alpha value is -0.370. The minimum Gasteiger partial charge on any atom is -1.00 e. The number of nitrogens with zero attached hydrogens (tertiary/aromatic N) is 1. The fourth-order valence-corrected chi connectivity index (χ4v) is 3.88. The zero-order valence-corrected chi connectivity index (χ0v) is 20.7. The van der Waals surface area contributed by atoms with E-state index in [9.17, 15) is 0 Å². The molecule has 0 saturated carbocycles. The molecule has 0 aliphatic carbocycles. The summed E-state index contributed by atoms with van der Waals surface area (Å²) in [6, 6.07) is 4.41. The molecule has 1 aromatic rings. The molecule has 0 saturated heterocycles. The van der Waals surface area contributed by atoms with Gasteiger partial charge in [0.05, 0.1) is 0 Å². The molecule has 0 spiro atoms. The van der Waals surface area contributed by atoms with Crippen LogP contribution in [0.15, 0.2) is 24.5 Å². The van der Waals surface area contributed by atoms with Crippen LogP contribution in [0, 0.1) is 6.92 Å². The average molecular weight is 455 g/mol. The molecule has 1 heterocycles. The first-order valence-electron chi connectivity index (χ1n) is 12.3. The topological polar surface area (TPSA) is 3.88 Å². The van der Waals surface area contributed by atoms with Crippen molar-refractivity contribution in [3.63, 3.8) is 0 Å². The lowest BCUT2D eigenvalue weighted by atomic mass is 10.0. The average Bonchev–Trinajstić information content (AvgIpc) is 2.68. The number of hydrogen-bond acceptors (Lipinski definition) is 0. The molecule has 164 valence electrons. The second-order valence-corrected chi connectivity index (χ2v) is 8.62. The summed E-state index contributed by atoms with van der Waals surface area (Å²) in [6.07, 6.45) is 30.5. The second-order valence-electron chi connectivity index (χ2n) is 8.62. The number of pyridine rings is 1. The zero-order valence-electron chi connectivity index (χ0n) is 19.1. The van der Waals surface area contributed by atoms with Crippen LogP contribution in [0.5, 0.6) is 0 Å². The molecule has 1 nitrogen and oxygen atoms in total. The van der Waals surface area contributed by atoms with E-state index in [4.69, 9.17) is 0 Å². The van der Waals surface area contributed by atoms with Gasteiger partial charge in [0.2, 0.25) is 0 Å². The molecule has 0 amide bonds. The van der Waals surface area contributed by atoms with Crippen molar-refractivity contribution >= 4 is 0 Å². The molecule has 0 aliphatic heterocycles. The van der Waals surface area contributed by atoms with Gasteiger partial charge < -0.3 is 17.0 Å². The fourth-order valence-electron chi connectivity index (χ4n) is 3.88. The third kappa shape index (κ3) is 17.7. The van der Waals surface area contributed by atoms with E-state index in [0.717, 1.165) is 0 Å². The monoisotopic (exact) mass is 453 g/mol. The van der Waals surface area contributed by atoms with Crippen LogP contribution in [0.25, 0.3) is 0 Å². The Kier molecular flexibility index (Phi) is 21.1. The minimum atomic E-state index is 0. The first-order chi connectivity index (χ1) is 13.3. The van der Waals surface area contributed by atoms with Gasteiger partial charge in [-0.05, 0) is 18.9 Å². The van der Waals surface area contributed by atoms with Gasteiger partial charge in [-0.15, -0.1) is 0 Å². The van der Waals surface area contributed by atoms with Gasteiger partial charge in [-0.25, -0.2) is 4.57 Å². The van der Waals surface area contributed by atoms with Crippen molar-refractivity contribution in [2.75, 3.05) is 0 Å². The number of halogens is 1. The zero-order chi connectivity index (χ0) is 19.4. The molecule has 0 unspecified atom stereocenters. The number of rotatable bonds is 19. The van der Waals surface area contributed by atoms with Crippen LogP contribution in [-0.4, -0.2) is 0 Å². The predicted molar refractivity (Wildman–Crippen MR) is 120 cm³/mol. The number of unbranched alkanes of at least 4 members (excludes halogenated alkanes) is 17. The smallest absolute Gasteiger partial charge is 0.169 e. The van der Waals surface area contributed by atoms with Crippen molar-refractivity contribution in [2.24, 2.45) is 0 Å². The summed E-state index contributed by atoms with van der Waals surface area (Å²) < 4.78 is 2.32. The van der Waals surface area contributed by atoms with Crippen molar-refractivity contribution in [2.45, 2.75) is 136 Å². The van der Waals surface area contributed by atoms with E-state index < -0.39 is 0 Å². The molecule has 1 aromatic heterocycles. The number of aryl methyl sites for hydroxylation is 2. The maximum absolute atomic E-state index is 2.32. The van der Waals surface area contributed by atoms with Crippen molar-refractivity contribution in [3.8, 4) is 0 Å². The van der Waals surface area contributed by atoms with Gasteiger partial charge >= 0.3 is 0 Å². The van der Waals surface area contributed by atoms with Gasteiger partial charge in [0.15, 0.2) is 12.4 Å². The van der Waals surface area contributed by atoms with Crippen LogP contribution in [0.2, 0.25) is 0 Å². The lowest BCUT2D eigenvalue weighted by Gasteiger charge is -2.03. The van der Waals surface area contributed by atoms with Crippen LogP contribution in [-0.2, 0) is 6.54 Å². The van der Waals surface area contributed by atoms with Gasteiger partial charge in [-0.2, -0.15) is 0 Å². The molecule has 0 atom stereocenters. The van der Waals surface area contributed by atoms with Crippen LogP contribution >= 0.6 is 0 Å². The third-order valence-corrected chi connectivity index (χ3v) is 5.83. The standard InChI is InChI=1S/C26H48N.BrH/c1-3-4-5-6-7-8-9-10-11-12-13-14-15-16-17-18-19-20-23-27-24-21-26(2)22-25-27;/h21-22,24-25H,3-20,23H2,1-2H3;1H/q+1;/p-1. The molecule has 0 N–H and O–H groups in total. The summed E-state index contributed by atoms with van der Waals surface area (Å²) >= 11 is 0. The highest BCUT2D eigenvalue weighted by Crippen LogP contribution is 2.14. The highest BCUT2D eigenvalue weighted by atomic mass is 79.9. The van der Waals surface area contributed by atoms with Gasteiger partial charge in [-0.3, -0.25) is 0 Å². The van der Waals surface area contributed by atoms with E-state index in [1.807, 2.05) is 0 Å². The molecule has 0 aromatic carbocycles. The largest absolute Gasteiger partial charge is 1.00 e. The lowest BCUT2D eigenvalue weighted by molar-refractivity contribution is -0.697. The van der Waals surface area contributed by atoms with E-state index in [-0.39, 0.29) is 17.0 Å². The van der Waals surface area contributed by atoms with Crippen LogP contribution in [0.3, 0.4) is 0 Å². The Morgan fingerprint density at radius 3 is 1.21 bits per heavy atom. The van der Waals surface area contributed by atoms with Crippen LogP contribution in [0.1, 0.15) is 128 Å². The van der Waals surface area contributed by atoms with Crippen molar-refractivity contribution in [1.29, 1.82) is 0 Å². The first kappa shape index (κ1) is 27.6. The SMILES string of the molecule is CCCCCCCCCCCCCCCCCCCC[n+]1ccc(C)cc1.[Br-]. The summed E-state index contributed by atoms with van der Waals surface area (Å²) in [6.45, 7) is 5.63. The molecule has 0 radical (unpaired) electrons. The Balaban J connectivity index is 0.00000729. The Labute approximate surface area is 187 Å². The predicted octanol–water partition coefficient (Wildman–Crippen LogP) is 5.33. The van der Waals surface area contributed by atoms with Crippen LogP contribution in [0.4, 0.5) is 0 Å². The Bertz CT molecular complexity index is 415.